The SMILES string of the molecule is CCCCc1ccc(C(=O)Nc2cccc(-c3cn4ccccc4n3)c2)cc1. The summed E-state index contributed by atoms with van der Waals surface area (Å²) in [6.45, 7) is 2.18. The molecule has 28 heavy (non-hydrogen) atoms. The molecular weight excluding hydrogens is 346 g/mol. The molecule has 0 fully saturated rings. The predicted molar refractivity (Wildman–Crippen MR) is 114 cm³/mol. The van der Waals surface area contributed by atoms with Crippen molar-refractivity contribution < 1.29 is 4.79 Å². The van der Waals surface area contributed by atoms with Gasteiger partial charge in [0, 0.05) is 29.2 Å². The molecule has 4 rings (SSSR count). The number of carbonyl (C=O) groups excluding carboxylic acids is 1. The summed E-state index contributed by atoms with van der Waals surface area (Å²) >= 11 is 0. The van der Waals surface area contributed by atoms with Gasteiger partial charge in [-0.15, -0.1) is 0 Å². The Labute approximate surface area is 164 Å². The molecule has 2 aromatic heterocycles. The van der Waals surface area contributed by atoms with Crippen molar-refractivity contribution in [1.82, 2.24) is 9.38 Å². The number of amides is 1. The molecule has 0 saturated carbocycles. The van der Waals surface area contributed by atoms with Crippen molar-refractivity contribution in [3.05, 3.63) is 90.3 Å². The summed E-state index contributed by atoms with van der Waals surface area (Å²) in [5, 5.41) is 2.99. The third kappa shape index (κ3) is 3.96. The molecule has 4 aromatic rings. The Bertz CT molecular complexity index is 1060. The highest BCUT2D eigenvalue weighted by molar-refractivity contribution is 6.04. The average Bonchev–Trinajstić information content (AvgIpc) is 3.17. The van der Waals surface area contributed by atoms with Crippen LogP contribution in [0.1, 0.15) is 35.7 Å². The number of hydrogen-bond donors (Lipinski definition) is 1. The Kier molecular flexibility index (Phi) is 5.20. The zero-order chi connectivity index (χ0) is 19.3. The largest absolute Gasteiger partial charge is 0.322 e. The normalized spacial score (nSPS) is 10.9. The number of rotatable bonds is 6. The molecule has 0 aliphatic carbocycles. The van der Waals surface area contributed by atoms with Gasteiger partial charge in [0.25, 0.3) is 5.91 Å². The number of aromatic nitrogens is 2. The zero-order valence-electron chi connectivity index (χ0n) is 15.9. The number of nitrogens with one attached hydrogen (secondary N) is 1. The molecule has 0 unspecified atom stereocenters. The summed E-state index contributed by atoms with van der Waals surface area (Å²) in [6.07, 6.45) is 7.36. The fraction of sp³-hybridized carbons (Fsp3) is 0.167. The van der Waals surface area contributed by atoms with E-state index in [2.05, 4.69) is 17.2 Å². The number of pyridine rings is 1. The van der Waals surface area contributed by atoms with Crippen LogP contribution in [0, 0.1) is 0 Å². The van der Waals surface area contributed by atoms with E-state index in [4.69, 9.17) is 0 Å². The first-order chi connectivity index (χ1) is 13.7. The summed E-state index contributed by atoms with van der Waals surface area (Å²) in [4.78, 5) is 17.2. The van der Waals surface area contributed by atoms with E-state index in [9.17, 15) is 4.79 Å². The molecule has 2 heterocycles. The predicted octanol–water partition coefficient (Wildman–Crippen LogP) is 5.60. The Morgan fingerprint density at radius 1 is 1.04 bits per heavy atom. The van der Waals surface area contributed by atoms with Gasteiger partial charge in [-0.2, -0.15) is 0 Å². The maximum atomic E-state index is 12.6. The second-order valence-electron chi connectivity index (χ2n) is 6.93. The van der Waals surface area contributed by atoms with Crippen molar-refractivity contribution in [2.75, 3.05) is 5.32 Å². The number of nitrogens with zero attached hydrogens (tertiary/aromatic N) is 2. The third-order valence-corrected chi connectivity index (χ3v) is 4.82. The van der Waals surface area contributed by atoms with Gasteiger partial charge in [0.2, 0.25) is 0 Å². The van der Waals surface area contributed by atoms with Gasteiger partial charge in [-0.05, 0) is 54.8 Å². The van der Waals surface area contributed by atoms with E-state index in [1.807, 2.05) is 83.5 Å². The van der Waals surface area contributed by atoms with Crippen molar-refractivity contribution in [2.45, 2.75) is 26.2 Å². The number of fused-ring (bicyclic) bond motifs is 1. The lowest BCUT2D eigenvalue weighted by Crippen LogP contribution is -2.11. The van der Waals surface area contributed by atoms with E-state index in [0.717, 1.165) is 29.0 Å². The van der Waals surface area contributed by atoms with Gasteiger partial charge in [-0.3, -0.25) is 4.79 Å². The van der Waals surface area contributed by atoms with E-state index in [1.165, 1.54) is 18.4 Å². The van der Waals surface area contributed by atoms with Crippen LogP contribution < -0.4 is 5.32 Å². The molecule has 0 saturated heterocycles. The number of aryl methyl sites for hydroxylation is 1. The Morgan fingerprint density at radius 2 is 1.89 bits per heavy atom. The number of imidazole rings is 1. The van der Waals surface area contributed by atoms with E-state index < -0.39 is 0 Å². The minimum atomic E-state index is -0.103. The van der Waals surface area contributed by atoms with Gasteiger partial charge in [0.05, 0.1) is 5.69 Å². The number of carbonyl (C=O) groups is 1. The monoisotopic (exact) mass is 369 g/mol. The van der Waals surface area contributed by atoms with Gasteiger partial charge >= 0.3 is 0 Å². The summed E-state index contributed by atoms with van der Waals surface area (Å²) in [5.74, 6) is -0.103. The lowest BCUT2D eigenvalue weighted by atomic mass is 10.1. The first kappa shape index (κ1) is 18.0. The van der Waals surface area contributed by atoms with Crippen molar-refractivity contribution >= 4 is 17.2 Å². The Balaban J connectivity index is 1.50. The quantitative estimate of drug-likeness (QED) is 0.481. The molecular formula is C24H23N3O. The van der Waals surface area contributed by atoms with E-state index in [-0.39, 0.29) is 5.91 Å². The van der Waals surface area contributed by atoms with Crippen molar-refractivity contribution in [3.63, 3.8) is 0 Å². The van der Waals surface area contributed by atoms with Crippen LogP contribution >= 0.6 is 0 Å². The molecule has 4 nitrogen and oxygen atoms in total. The summed E-state index contributed by atoms with van der Waals surface area (Å²) in [7, 11) is 0. The van der Waals surface area contributed by atoms with E-state index in [0.29, 0.717) is 5.56 Å². The number of anilines is 1. The summed E-state index contributed by atoms with van der Waals surface area (Å²) < 4.78 is 1.99. The van der Waals surface area contributed by atoms with Crippen LogP contribution in [-0.2, 0) is 6.42 Å². The Hall–Kier alpha value is -3.40. The second-order valence-corrected chi connectivity index (χ2v) is 6.93. The lowest BCUT2D eigenvalue weighted by Gasteiger charge is -2.07. The van der Waals surface area contributed by atoms with Gasteiger partial charge in [0.1, 0.15) is 5.65 Å². The molecule has 1 N–H and O–H groups in total. The van der Waals surface area contributed by atoms with Gasteiger partial charge in [-0.25, -0.2) is 4.98 Å². The van der Waals surface area contributed by atoms with Crippen LogP contribution in [-0.4, -0.2) is 15.3 Å². The van der Waals surface area contributed by atoms with Crippen LogP contribution in [0.5, 0.6) is 0 Å². The molecule has 1 amide bonds. The standard InChI is InChI=1S/C24H23N3O/c1-2-3-7-18-11-13-19(14-12-18)24(28)25-21-9-6-8-20(16-21)22-17-27-15-5-4-10-23(27)26-22/h4-6,8-17H,2-3,7H2,1H3,(H,25,28). The van der Waals surface area contributed by atoms with Crippen molar-refractivity contribution in [1.29, 1.82) is 0 Å². The lowest BCUT2D eigenvalue weighted by molar-refractivity contribution is 0.102. The highest BCUT2D eigenvalue weighted by atomic mass is 16.1. The number of unbranched alkanes of at least 4 members (excludes halogenated alkanes) is 1. The van der Waals surface area contributed by atoms with Crippen molar-refractivity contribution in [2.24, 2.45) is 0 Å². The molecule has 0 radical (unpaired) electrons. The molecule has 0 aliphatic rings. The molecule has 0 aliphatic heterocycles. The highest BCUT2D eigenvalue weighted by Crippen LogP contribution is 2.23. The smallest absolute Gasteiger partial charge is 0.255 e. The first-order valence-corrected chi connectivity index (χ1v) is 9.67. The van der Waals surface area contributed by atoms with Crippen LogP contribution in [0.25, 0.3) is 16.9 Å². The minimum absolute atomic E-state index is 0.103. The molecule has 140 valence electrons. The van der Waals surface area contributed by atoms with Gasteiger partial charge < -0.3 is 9.72 Å². The average molecular weight is 369 g/mol. The molecule has 4 heteroatoms. The molecule has 0 spiro atoms. The maximum absolute atomic E-state index is 12.6. The van der Waals surface area contributed by atoms with Crippen LogP contribution in [0.2, 0.25) is 0 Å². The minimum Gasteiger partial charge on any atom is -0.322 e. The third-order valence-electron chi connectivity index (χ3n) is 4.82. The molecule has 2 aromatic carbocycles. The fourth-order valence-corrected chi connectivity index (χ4v) is 3.24. The van der Waals surface area contributed by atoms with Crippen LogP contribution in [0.15, 0.2) is 79.1 Å². The Morgan fingerprint density at radius 3 is 2.68 bits per heavy atom. The number of hydrogen-bond acceptors (Lipinski definition) is 2. The van der Waals surface area contributed by atoms with Crippen molar-refractivity contribution in [3.8, 4) is 11.3 Å². The van der Waals surface area contributed by atoms with Crippen LogP contribution in [0.3, 0.4) is 0 Å². The fourth-order valence-electron chi connectivity index (χ4n) is 3.24. The van der Waals surface area contributed by atoms with Gasteiger partial charge in [-0.1, -0.05) is 43.7 Å². The summed E-state index contributed by atoms with van der Waals surface area (Å²) in [6, 6.07) is 21.6. The van der Waals surface area contributed by atoms with Gasteiger partial charge in [0.15, 0.2) is 0 Å². The first-order valence-electron chi connectivity index (χ1n) is 9.67. The number of benzene rings is 2. The second kappa shape index (κ2) is 8.09. The van der Waals surface area contributed by atoms with E-state index in [1.54, 1.807) is 0 Å². The summed E-state index contributed by atoms with van der Waals surface area (Å²) in [5.41, 5.74) is 5.44. The highest BCUT2D eigenvalue weighted by Gasteiger charge is 2.09. The maximum Gasteiger partial charge on any atom is 0.255 e. The van der Waals surface area contributed by atoms with Crippen LogP contribution in [0.4, 0.5) is 5.69 Å². The molecule has 0 atom stereocenters. The van der Waals surface area contributed by atoms with E-state index >= 15 is 0 Å². The topological polar surface area (TPSA) is 46.4 Å². The zero-order valence-corrected chi connectivity index (χ0v) is 15.9. The molecule has 0 bridgehead atoms.